The van der Waals surface area contributed by atoms with Crippen LogP contribution >= 0.6 is 34.5 Å². The molecular weight excluding hydrogens is 477 g/mol. The number of amides is 2. The number of hydrogen-bond acceptors (Lipinski definition) is 6. The number of likely N-dealkylation sites (tertiary alicyclic amines) is 1. The Morgan fingerprint density at radius 3 is 2.44 bits per heavy atom. The summed E-state index contributed by atoms with van der Waals surface area (Å²) in [4.78, 5) is 47.8. The number of halogens is 2. The van der Waals surface area contributed by atoms with Gasteiger partial charge in [0.2, 0.25) is 5.91 Å². The number of carboxylic acid groups (broad SMARTS) is 1. The van der Waals surface area contributed by atoms with E-state index in [2.05, 4.69) is 15.3 Å². The fraction of sp³-hybridized carbons (Fsp3) is 0.500. The van der Waals surface area contributed by atoms with Crippen LogP contribution in [0.1, 0.15) is 38.0 Å². The van der Waals surface area contributed by atoms with Crippen LogP contribution in [0.25, 0.3) is 0 Å². The molecule has 3 N–H and O–H groups in total. The zero-order valence-corrected chi connectivity index (χ0v) is 19.5. The molecule has 0 aromatic carbocycles. The summed E-state index contributed by atoms with van der Waals surface area (Å²) in [7, 11) is 0. The first-order valence-corrected chi connectivity index (χ1v) is 11.9. The van der Waals surface area contributed by atoms with Crippen molar-refractivity contribution in [2.75, 3.05) is 31.1 Å². The van der Waals surface area contributed by atoms with E-state index in [0.29, 0.717) is 34.6 Å². The summed E-state index contributed by atoms with van der Waals surface area (Å²) in [6, 6.07) is 0.0311. The van der Waals surface area contributed by atoms with E-state index in [4.69, 9.17) is 23.2 Å². The summed E-state index contributed by atoms with van der Waals surface area (Å²) in [5.41, 5.74) is 1.23. The van der Waals surface area contributed by atoms with E-state index in [1.54, 1.807) is 11.8 Å². The minimum absolute atomic E-state index is 0.0103. The largest absolute Gasteiger partial charge is 0.477 e. The summed E-state index contributed by atoms with van der Waals surface area (Å²) < 4.78 is 0. The van der Waals surface area contributed by atoms with Gasteiger partial charge in [-0.05, 0) is 13.3 Å². The maximum absolute atomic E-state index is 12.6. The number of anilines is 1. The molecule has 0 spiro atoms. The topological polar surface area (TPSA) is 119 Å². The van der Waals surface area contributed by atoms with Gasteiger partial charge in [0.05, 0.1) is 22.2 Å². The lowest BCUT2D eigenvalue weighted by molar-refractivity contribution is -0.133. The van der Waals surface area contributed by atoms with Gasteiger partial charge in [-0.15, -0.1) is 0 Å². The minimum atomic E-state index is -1.06. The van der Waals surface area contributed by atoms with Gasteiger partial charge in [0, 0.05) is 49.8 Å². The molecule has 0 radical (unpaired) electrons. The van der Waals surface area contributed by atoms with Crippen molar-refractivity contribution in [3.8, 4) is 0 Å². The van der Waals surface area contributed by atoms with E-state index >= 15 is 0 Å². The predicted octanol–water partition coefficient (Wildman–Crippen LogP) is 2.42. The Kier molecular flexibility index (Phi) is 5.34. The number of piperidine rings is 1. The van der Waals surface area contributed by atoms with Crippen molar-refractivity contribution in [2.24, 2.45) is 11.8 Å². The third-order valence-electron chi connectivity index (χ3n) is 6.45. The lowest BCUT2D eigenvalue weighted by Crippen LogP contribution is -2.43. The highest BCUT2D eigenvalue weighted by atomic mass is 35.5. The third-order valence-corrected chi connectivity index (χ3v) is 8.54. The molecule has 170 valence electrons. The average Bonchev–Trinajstić information content (AvgIpc) is 3.08. The van der Waals surface area contributed by atoms with Crippen LogP contribution in [-0.4, -0.2) is 70.0 Å². The number of carbonyl (C=O) groups excluding carboxylic acids is 2. The number of aromatic nitrogens is 2. The lowest BCUT2D eigenvalue weighted by atomic mass is 10.1. The molecule has 5 rings (SSSR count). The minimum Gasteiger partial charge on any atom is -0.477 e. The number of aromatic carboxylic acids is 1. The Hall–Kier alpha value is -2.30. The Morgan fingerprint density at radius 2 is 1.91 bits per heavy atom. The standard InChI is InChI=1S/C20H21Cl2N5O4S/c1-8-13(21)14(22)16(23-8)18(29)25-15-9-6-27(7-10(9)15)20-24-11(17(32-20)19(30)31)5-12(28)26-3-2-4-26/h9-10,15,23H,2-7H2,1H3,(H,25,29)(H,30,31)/t9-,10+,15+. The summed E-state index contributed by atoms with van der Waals surface area (Å²) in [5, 5.41) is 13.7. The van der Waals surface area contributed by atoms with Gasteiger partial charge >= 0.3 is 5.97 Å². The van der Waals surface area contributed by atoms with E-state index in [1.165, 1.54) is 0 Å². The molecule has 4 heterocycles. The third kappa shape index (κ3) is 3.64. The molecule has 2 aliphatic heterocycles. The van der Waals surface area contributed by atoms with E-state index in [0.717, 1.165) is 30.8 Å². The number of aryl methyl sites for hydroxylation is 1. The summed E-state index contributed by atoms with van der Waals surface area (Å²) in [6.07, 6.45) is 0.993. The summed E-state index contributed by atoms with van der Waals surface area (Å²) in [6.45, 7) is 4.53. The van der Waals surface area contributed by atoms with Crippen LogP contribution in [0.2, 0.25) is 10.0 Å². The van der Waals surface area contributed by atoms with Crippen LogP contribution < -0.4 is 10.2 Å². The van der Waals surface area contributed by atoms with Crippen LogP contribution in [0.15, 0.2) is 0 Å². The number of carboxylic acids is 1. The zero-order chi connectivity index (χ0) is 22.7. The van der Waals surface area contributed by atoms with Gasteiger partial charge in [0.1, 0.15) is 10.6 Å². The first-order chi connectivity index (χ1) is 15.2. The second-order valence-electron chi connectivity index (χ2n) is 8.47. The van der Waals surface area contributed by atoms with Gasteiger partial charge in [-0.1, -0.05) is 34.5 Å². The Morgan fingerprint density at radius 1 is 1.22 bits per heavy atom. The number of fused-ring (bicyclic) bond motifs is 1. The number of hydrogen-bond donors (Lipinski definition) is 3. The highest BCUT2D eigenvalue weighted by molar-refractivity contribution is 7.17. The molecule has 32 heavy (non-hydrogen) atoms. The van der Waals surface area contributed by atoms with Gasteiger partial charge in [-0.3, -0.25) is 9.59 Å². The second kappa shape index (κ2) is 7.93. The first-order valence-electron chi connectivity index (χ1n) is 10.3. The van der Waals surface area contributed by atoms with Crippen LogP contribution in [0.4, 0.5) is 5.13 Å². The molecule has 9 nitrogen and oxygen atoms in total. The number of rotatable bonds is 6. The molecule has 2 aromatic heterocycles. The van der Waals surface area contributed by atoms with Crippen molar-refractivity contribution in [2.45, 2.75) is 25.8 Å². The number of aromatic amines is 1. The zero-order valence-electron chi connectivity index (χ0n) is 17.2. The maximum Gasteiger partial charge on any atom is 0.347 e. The number of H-pyrrole nitrogens is 1. The van der Waals surface area contributed by atoms with Gasteiger partial charge < -0.3 is 25.2 Å². The molecule has 3 aliphatic rings. The lowest BCUT2D eigenvalue weighted by Gasteiger charge is -2.30. The highest BCUT2D eigenvalue weighted by Crippen LogP contribution is 2.48. The number of nitrogens with one attached hydrogen (secondary N) is 2. The van der Waals surface area contributed by atoms with Gasteiger partial charge in [0.15, 0.2) is 5.13 Å². The number of thiazole rings is 1. The maximum atomic E-state index is 12.6. The Balaban J connectivity index is 1.22. The van der Waals surface area contributed by atoms with Crippen molar-refractivity contribution in [3.63, 3.8) is 0 Å². The highest BCUT2D eigenvalue weighted by Gasteiger charge is 2.57. The molecule has 0 unspecified atom stereocenters. The predicted molar refractivity (Wildman–Crippen MR) is 120 cm³/mol. The van der Waals surface area contributed by atoms with Crippen molar-refractivity contribution < 1.29 is 19.5 Å². The normalized spacial score (nSPS) is 23.7. The molecular formula is C20H21Cl2N5O4S. The fourth-order valence-corrected chi connectivity index (χ4v) is 5.79. The summed E-state index contributed by atoms with van der Waals surface area (Å²) in [5.74, 6) is -0.919. The molecule has 0 bridgehead atoms. The van der Waals surface area contributed by atoms with Gasteiger partial charge in [0.25, 0.3) is 5.91 Å². The molecule has 2 saturated heterocycles. The monoisotopic (exact) mass is 497 g/mol. The van der Waals surface area contributed by atoms with Crippen LogP contribution in [0.5, 0.6) is 0 Å². The number of nitrogens with zero attached hydrogens (tertiary/aromatic N) is 3. The second-order valence-corrected chi connectivity index (χ2v) is 10.2. The van der Waals surface area contributed by atoms with E-state index in [1.807, 2.05) is 4.90 Å². The molecule has 12 heteroatoms. The quantitative estimate of drug-likeness (QED) is 0.563. The molecule has 3 atom stereocenters. The summed E-state index contributed by atoms with van der Waals surface area (Å²) >= 11 is 13.3. The van der Waals surface area contributed by atoms with E-state index in [-0.39, 0.29) is 51.7 Å². The average molecular weight is 498 g/mol. The van der Waals surface area contributed by atoms with Gasteiger partial charge in [-0.2, -0.15) is 0 Å². The Labute approximate surface area is 197 Å². The van der Waals surface area contributed by atoms with E-state index < -0.39 is 5.97 Å². The molecule has 2 aromatic rings. The van der Waals surface area contributed by atoms with Crippen molar-refractivity contribution >= 4 is 57.5 Å². The molecule has 1 aliphatic carbocycles. The fourth-order valence-electron chi connectivity index (χ4n) is 4.43. The molecule has 3 fully saturated rings. The van der Waals surface area contributed by atoms with Crippen LogP contribution in [0, 0.1) is 18.8 Å². The Bertz CT molecular complexity index is 1120. The number of carbonyl (C=O) groups is 3. The smallest absolute Gasteiger partial charge is 0.347 e. The SMILES string of the molecule is Cc1[nH]c(C(=O)N[C@H]2[C@@H]3CN(c4nc(CC(=O)N5CCC5)c(C(=O)O)s4)C[C@@H]32)c(Cl)c1Cl. The van der Waals surface area contributed by atoms with Crippen molar-refractivity contribution in [1.82, 2.24) is 20.2 Å². The van der Waals surface area contributed by atoms with Crippen molar-refractivity contribution in [1.29, 1.82) is 0 Å². The van der Waals surface area contributed by atoms with Gasteiger partial charge in [-0.25, -0.2) is 9.78 Å². The van der Waals surface area contributed by atoms with Crippen LogP contribution in [-0.2, 0) is 11.2 Å². The first kappa shape index (κ1) is 21.5. The van der Waals surface area contributed by atoms with E-state index in [9.17, 15) is 19.5 Å². The molecule has 2 amide bonds. The van der Waals surface area contributed by atoms with Crippen molar-refractivity contribution in [3.05, 3.63) is 32.0 Å². The molecule has 1 saturated carbocycles. The van der Waals surface area contributed by atoms with Crippen LogP contribution in [0.3, 0.4) is 0 Å².